The van der Waals surface area contributed by atoms with Crippen molar-refractivity contribution in [2.75, 3.05) is 19.6 Å². The van der Waals surface area contributed by atoms with Gasteiger partial charge in [-0.1, -0.05) is 37.5 Å². The van der Waals surface area contributed by atoms with E-state index in [0.717, 1.165) is 36.6 Å². The van der Waals surface area contributed by atoms with Gasteiger partial charge < -0.3 is 19.0 Å². The van der Waals surface area contributed by atoms with Gasteiger partial charge in [-0.3, -0.25) is 14.6 Å². The van der Waals surface area contributed by atoms with Crippen molar-refractivity contribution < 1.29 is 18.7 Å². The number of carbonyl (C=O) groups is 2. The lowest BCUT2D eigenvalue weighted by molar-refractivity contribution is -0.134. The molecule has 1 aromatic carbocycles. The Morgan fingerprint density at radius 2 is 1.85 bits per heavy atom. The lowest BCUT2D eigenvalue weighted by Gasteiger charge is -2.34. The van der Waals surface area contributed by atoms with Crippen LogP contribution in [0, 0.1) is 0 Å². The highest BCUT2D eigenvalue weighted by molar-refractivity contribution is 5.98. The molecule has 0 unspecified atom stereocenters. The van der Waals surface area contributed by atoms with Crippen LogP contribution in [0.5, 0.6) is 0 Å². The van der Waals surface area contributed by atoms with Gasteiger partial charge in [-0.15, -0.1) is 0 Å². The van der Waals surface area contributed by atoms with E-state index in [4.69, 9.17) is 9.15 Å². The summed E-state index contributed by atoms with van der Waals surface area (Å²) in [6, 6.07) is 13.3. The third-order valence-electron chi connectivity index (χ3n) is 6.64. The molecular weight excluding hydrogens is 418 g/mol. The summed E-state index contributed by atoms with van der Waals surface area (Å²) in [6.07, 6.45) is 8.72. The van der Waals surface area contributed by atoms with Crippen molar-refractivity contribution in [1.82, 2.24) is 14.8 Å². The van der Waals surface area contributed by atoms with Crippen LogP contribution in [-0.2, 0) is 16.1 Å². The highest BCUT2D eigenvalue weighted by Gasteiger charge is 2.35. The van der Waals surface area contributed by atoms with Crippen LogP contribution in [0.1, 0.15) is 48.2 Å². The Kier molecular flexibility index (Phi) is 6.39. The van der Waals surface area contributed by atoms with Gasteiger partial charge in [0.25, 0.3) is 5.91 Å². The van der Waals surface area contributed by atoms with Gasteiger partial charge in [-0.05, 0) is 42.7 Å². The first kappa shape index (κ1) is 21.6. The van der Waals surface area contributed by atoms with Crippen LogP contribution in [-0.4, -0.2) is 58.4 Å². The second-order valence-electron chi connectivity index (χ2n) is 8.96. The minimum absolute atomic E-state index is 0.0126. The molecule has 0 bridgehead atoms. The number of fused-ring (bicyclic) bond motifs is 1. The fourth-order valence-corrected chi connectivity index (χ4v) is 4.89. The van der Waals surface area contributed by atoms with E-state index in [0.29, 0.717) is 25.3 Å². The Labute approximate surface area is 193 Å². The van der Waals surface area contributed by atoms with Gasteiger partial charge in [0.2, 0.25) is 5.91 Å². The SMILES string of the molecule is O=C(c1cc2ccccc2o1)N1CC(=O)N(C2CCCCC2)C[C@H](OCc2ccncc2)C1. The number of hydrogen-bond acceptors (Lipinski definition) is 5. The summed E-state index contributed by atoms with van der Waals surface area (Å²) in [5.41, 5.74) is 1.68. The van der Waals surface area contributed by atoms with Gasteiger partial charge in [0.15, 0.2) is 5.76 Å². The molecule has 7 heteroatoms. The van der Waals surface area contributed by atoms with Crippen molar-refractivity contribution in [3.05, 3.63) is 66.2 Å². The van der Waals surface area contributed by atoms with Crippen molar-refractivity contribution in [3.63, 3.8) is 0 Å². The largest absolute Gasteiger partial charge is 0.451 e. The minimum Gasteiger partial charge on any atom is -0.451 e. The maximum Gasteiger partial charge on any atom is 0.290 e. The first-order valence-corrected chi connectivity index (χ1v) is 11.8. The molecule has 1 saturated carbocycles. The van der Waals surface area contributed by atoms with Gasteiger partial charge in [0.05, 0.1) is 12.7 Å². The van der Waals surface area contributed by atoms with Crippen molar-refractivity contribution >= 4 is 22.8 Å². The predicted molar refractivity (Wildman–Crippen MR) is 124 cm³/mol. The maximum absolute atomic E-state index is 13.4. The number of amides is 2. The molecule has 0 N–H and O–H groups in total. The average molecular weight is 448 g/mol. The fourth-order valence-electron chi connectivity index (χ4n) is 4.89. The van der Waals surface area contributed by atoms with E-state index in [2.05, 4.69) is 4.98 Å². The number of nitrogens with zero attached hydrogens (tertiary/aromatic N) is 3. The Bertz CT molecular complexity index is 1070. The van der Waals surface area contributed by atoms with E-state index in [9.17, 15) is 9.59 Å². The van der Waals surface area contributed by atoms with Crippen molar-refractivity contribution in [3.8, 4) is 0 Å². The Hall–Kier alpha value is -3.19. The molecule has 5 rings (SSSR count). The van der Waals surface area contributed by atoms with Crippen molar-refractivity contribution in [2.45, 2.75) is 50.9 Å². The molecule has 0 spiro atoms. The first-order valence-electron chi connectivity index (χ1n) is 11.8. The molecule has 2 aliphatic rings. The summed E-state index contributed by atoms with van der Waals surface area (Å²) in [6.45, 7) is 1.29. The first-order chi connectivity index (χ1) is 16.2. The highest BCUT2D eigenvalue weighted by Crippen LogP contribution is 2.26. The molecular formula is C26H29N3O4. The minimum atomic E-state index is -0.278. The number of furan rings is 1. The van der Waals surface area contributed by atoms with Crippen LogP contribution in [0.15, 0.2) is 59.3 Å². The molecule has 2 amide bonds. The van der Waals surface area contributed by atoms with E-state index in [1.54, 1.807) is 23.4 Å². The second kappa shape index (κ2) is 9.75. The summed E-state index contributed by atoms with van der Waals surface area (Å²) in [5, 5.41) is 0.872. The molecule has 1 atom stereocenters. The van der Waals surface area contributed by atoms with Crippen LogP contribution < -0.4 is 0 Å². The standard InChI is InChI=1S/C26H29N3O4/c30-25-17-28(26(31)24-14-20-6-4-5-9-23(20)33-24)15-22(32-18-19-10-12-27-13-11-19)16-29(25)21-7-2-1-3-8-21/h4-6,9-14,21-22H,1-3,7-8,15-18H2/t22-/m1/s1. The summed E-state index contributed by atoms with van der Waals surface area (Å²) in [5.74, 6) is -0.0353. The number of rotatable bonds is 5. The fraction of sp³-hybridized carbons (Fsp3) is 0.423. The van der Waals surface area contributed by atoms with Gasteiger partial charge in [0.1, 0.15) is 12.1 Å². The lowest BCUT2D eigenvalue weighted by atomic mass is 9.94. The lowest BCUT2D eigenvalue weighted by Crippen LogP contribution is -2.46. The molecule has 1 aliphatic heterocycles. The Balaban J connectivity index is 1.37. The zero-order valence-corrected chi connectivity index (χ0v) is 18.7. The third-order valence-corrected chi connectivity index (χ3v) is 6.64. The van der Waals surface area contributed by atoms with Gasteiger partial charge in [0, 0.05) is 36.9 Å². The molecule has 7 nitrogen and oxygen atoms in total. The molecule has 0 radical (unpaired) electrons. The predicted octanol–water partition coefficient (Wildman–Crippen LogP) is 4.03. The Morgan fingerprint density at radius 1 is 1.06 bits per heavy atom. The van der Waals surface area contributed by atoms with Crippen LogP contribution in [0.3, 0.4) is 0 Å². The van der Waals surface area contributed by atoms with E-state index >= 15 is 0 Å². The topological polar surface area (TPSA) is 75.9 Å². The number of ether oxygens (including phenoxy) is 1. The Morgan fingerprint density at radius 3 is 2.64 bits per heavy atom. The van der Waals surface area contributed by atoms with Crippen LogP contribution in [0.25, 0.3) is 11.0 Å². The monoisotopic (exact) mass is 447 g/mol. The number of carbonyl (C=O) groups excluding carboxylic acids is 2. The smallest absolute Gasteiger partial charge is 0.290 e. The number of benzene rings is 1. The summed E-state index contributed by atoms with van der Waals surface area (Å²) in [4.78, 5) is 34.3. The molecule has 3 heterocycles. The van der Waals surface area contributed by atoms with Gasteiger partial charge in [-0.25, -0.2) is 0 Å². The molecule has 2 aromatic heterocycles. The molecule has 33 heavy (non-hydrogen) atoms. The third kappa shape index (κ3) is 4.93. The summed E-state index contributed by atoms with van der Waals surface area (Å²) < 4.78 is 12.1. The average Bonchev–Trinajstić information content (AvgIpc) is 3.22. The summed E-state index contributed by atoms with van der Waals surface area (Å²) in [7, 11) is 0. The van der Waals surface area contributed by atoms with Gasteiger partial charge in [-0.2, -0.15) is 0 Å². The van der Waals surface area contributed by atoms with Crippen LogP contribution in [0.2, 0.25) is 0 Å². The molecule has 172 valence electrons. The molecule has 1 aliphatic carbocycles. The van der Waals surface area contributed by atoms with Crippen molar-refractivity contribution in [1.29, 1.82) is 0 Å². The number of hydrogen-bond donors (Lipinski definition) is 0. The second-order valence-corrected chi connectivity index (χ2v) is 8.96. The zero-order chi connectivity index (χ0) is 22.6. The number of pyridine rings is 1. The summed E-state index contributed by atoms with van der Waals surface area (Å²) >= 11 is 0. The van der Waals surface area contributed by atoms with Crippen LogP contribution >= 0.6 is 0 Å². The normalized spacial score (nSPS) is 20.2. The van der Waals surface area contributed by atoms with E-state index in [-0.39, 0.29) is 36.3 Å². The highest BCUT2D eigenvalue weighted by atomic mass is 16.5. The van der Waals surface area contributed by atoms with Crippen molar-refractivity contribution in [2.24, 2.45) is 0 Å². The van der Waals surface area contributed by atoms with E-state index < -0.39 is 0 Å². The van der Waals surface area contributed by atoms with Crippen LogP contribution in [0.4, 0.5) is 0 Å². The molecule has 3 aromatic rings. The van der Waals surface area contributed by atoms with E-state index in [1.165, 1.54) is 6.42 Å². The van der Waals surface area contributed by atoms with Gasteiger partial charge >= 0.3 is 0 Å². The number of para-hydroxylation sites is 1. The number of aromatic nitrogens is 1. The maximum atomic E-state index is 13.4. The quantitative estimate of drug-likeness (QED) is 0.590. The molecule has 2 fully saturated rings. The van der Waals surface area contributed by atoms with E-state index in [1.807, 2.05) is 41.3 Å². The molecule has 1 saturated heterocycles. The zero-order valence-electron chi connectivity index (χ0n) is 18.7.